The molecule has 2 rings (SSSR count). The summed E-state index contributed by atoms with van der Waals surface area (Å²) < 4.78 is 0. The molecule has 1 amide bonds. The smallest absolute Gasteiger partial charge is 0.220 e. The highest BCUT2D eigenvalue weighted by Gasteiger charge is 2.44. The van der Waals surface area contributed by atoms with Crippen LogP contribution in [0.1, 0.15) is 44.6 Å². The Morgan fingerprint density at radius 2 is 1.77 bits per heavy atom. The lowest BCUT2D eigenvalue weighted by Gasteiger charge is -2.50. The molecular weight excluding hydrogens is 274 g/mol. The summed E-state index contributed by atoms with van der Waals surface area (Å²) in [6, 6.07) is 10.7. The molecule has 1 fully saturated rings. The Balaban J connectivity index is 2.21. The van der Waals surface area contributed by atoms with Gasteiger partial charge in [0.05, 0.1) is 5.54 Å². The van der Waals surface area contributed by atoms with Gasteiger partial charge in [-0.25, -0.2) is 0 Å². The number of hydrogen-bond donors (Lipinski definition) is 2. The fourth-order valence-electron chi connectivity index (χ4n) is 3.65. The maximum atomic E-state index is 11.8. The van der Waals surface area contributed by atoms with Crippen LogP contribution in [0.15, 0.2) is 30.3 Å². The van der Waals surface area contributed by atoms with Gasteiger partial charge in [-0.15, -0.1) is 0 Å². The molecule has 1 aliphatic carbocycles. The minimum Gasteiger partial charge on any atom is -0.349 e. The number of carbonyl (C=O) groups is 1. The number of rotatable bonds is 5. The lowest BCUT2D eigenvalue weighted by atomic mass is 9.68. The molecule has 1 aromatic carbocycles. The van der Waals surface area contributed by atoms with Gasteiger partial charge in [0.25, 0.3) is 0 Å². The van der Waals surface area contributed by atoms with Crippen molar-refractivity contribution < 1.29 is 4.79 Å². The van der Waals surface area contributed by atoms with Crippen LogP contribution in [0.2, 0.25) is 0 Å². The van der Waals surface area contributed by atoms with Gasteiger partial charge in [-0.05, 0) is 45.3 Å². The van der Waals surface area contributed by atoms with Crippen molar-refractivity contribution in [2.75, 3.05) is 20.6 Å². The zero-order valence-electron chi connectivity index (χ0n) is 14.1. The second-order valence-electron chi connectivity index (χ2n) is 6.68. The summed E-state index contributed by atoms with van der Waals surface area (Å²) in [7, 11) is 4.29. The van der Waals surface area contributed by atoms with Crippen molar-refractivity contribution in [3.05, 3.63) is 35.9 Å². The Bertz CT molecular complexity index is 490. The summed E-state index contributed by atoms with van der Waals surface area (Å²) in [6.45, 7) is 2.40. The summed E-state index contributed by atoms with van der Waals surface area (Å²) in [6.07, 6.45) is 4.36. The van der Waals surface area contributed by atoms with E-state index in [4.69, 9.17) is 5.73 Å². The monoisotopic (exact) mass is 303 g/mol. The van der Waals surface area contributed by atoms with Gasteiger partial charge >= 0.3 is 0 Å². The summed E-state index contributed by atoms with van der Waals surface area (Å²) in [4.78, 5) is 14.2. The topological polar surface area (TPSA) is 58.4 Å². The molecule has 0 unspecified atom stereocenters. The molecule has 4 heteroatoms. The van der Waals surface area contributed by atoms with Gasteiger partial charge in [0, 0.05) is 18.5 Å². The van der Waals surface area contributed by atoms with E-state index >= 15 is 0 Å². The molecule has 4 nitrogen and oxygen atoms in total. The number of nitrogens with zero attached hydrogens (tertiary/aromatic N) is 1. The minimum absolute atomic E-state index is 0.0386. The summed E-state index contributed by atoms with van der Waals surface area (Å²) in [5, 5.41) is 3.18. The quantitative estimate of drug-likeness (QED) is 0.877. The van der Waals surface area contributed by atoms with Crippen LogP contribution in [-0.2, 0) is 10.3 Å². The number of hydrogen-bond acceptors (Lipinski definition) is 3. The first-order valence-electron chi connectivity index (χ1n) is 8.22. The predicted octanol–water partition coefficient (Wildman–Crippen LogP) is 2.24. The van der Waals surface area contributed by atoms with Crippen LogP contribution in [0.5, 0.6) is 0 Å². The van der Waals surface area contributed by atoms with Crippen molar-refractivity contribution in [2.45, 2.75) is 50.1 Å². The first kappa shape index (κ1) is 17.0. The van der Waals surface area contributed by atoms with Crippen LogP contribution in [0, 0.1) is 0 Å². The van der Waals surface area contributed by atoms with E-state index in [2.05, 4.69) is 54.6 Å². The zero-order chi connectivity index (χ0) is 16.2. The molecule has 0 aromatic heterocycles. The van der Waals surface area contributed by atoms with E-state index in [1.54, 1.807) is 0 Å². The molecule has 122 valence electrons. The summed E-state index contributed by atoms with van der Waals surface area (Å²) in [5.74, 6) is 0.0996. The molecule has 0 spiro atoms. The molecule has 1 aliphatic rings. The maximum absolute atomic E-state index is 11.8. The molecule has 1 saturated carbocycles. The standard InChI is InChI=1S/C18H29N3O/c1-4-16(22)20-17(14-19)10-12-18(13-11-17,21(2)3)15-8-6-5-7-9-15/h5-9H,4,10-14,19H2,1-3H3,(H,20,22)/t17-,18+. The number of nitrogens with two attached hydrogens (primary N) is 1. The molecule has 3 N–H and O–H groups in total. The Morgan fingerprint density at radius 1 is 1.18 bits per heavy atom. The third-order valence-corrected chi connectivity index (χ3v) is 5.32. The summed E-state index contributed by atoms with van der Waals surface area (Å²) >= 11 is 0. The Morgan fingerprint density at radius 3 is 2.23 bits per heavy atom. The van der Waals surface area contributed by atoms with Crippen molar-refractivity contribution in [1.29, 1.82) is 0 Å². The van der Waals surface area contributed by atoms with Crippen LogP contribution in [0.4, 0.5) is 0 Å². The van der Waals surface area contributed by atoms with Crippen LogP contribution in [-0.4, -0.2) is 37.0 Å². The van der Waals surface area contributed by atoms with Gasteiger partial charge in [0.15, 0.2) is 0 Å². The molecule has 0 bridgehead atoms. The highest BCUT2D eigenvalue weighted by Crippen LogP contribution is 2.44. The average molecular weight is 303 g/mol. The van der Waals surface area contributed by atoms with Crippen LogP contribution < -0.4 is 11.1 Å². The number of nitrogens with one attached hydrogen (secondary N) is 1. The molecule has 0 aliphatic heterocycles. The maximum Gasteiger partial charge on any atom is 0.220 e. The second kappa shape index (κ2) is 6.80. The van der Waals surface area contributed by atoms with Crippen LogP contribution in [0.3, 0.4) is 0 Å². The molecule has 0 saturated heterocycles. The fourth-order valence-corrected chi connectivity index (χ4v) is 3.65. The van der Waals surface area contributed by atoms with Gasteiger partial charge < -0.3 is 11.1 Å². The van der Waals surface area contributed by atoms with Crippen molar-refractivity contribution in [2.24, 2.45) is 5.73 Å². The molecule has 0 atom stereocenters. The van der Waals surface area contributed by atoms with Crippen molar-refractivity contribution in [1.82, 2.24) is 10.2 Å². The number of amides is 1. The average Bonchev–Trinajstić information content (AvgIpc) is 2.56. The predicted molar refractivity (Wildman–Crippen MR) is 90.5 cm³/mol. The zero-order valence-corrected chi connectivity index (χ0v) is 14.1. The van der Waals surface area contributed by atoms with Crippen molar-refractivity contribution in [3.63, 3.8) is 0 Å². The molecule has 1 aromatic rings. The van der Waals surface area contributed by atoms with E-state index in [0.717, 1.165) is 25.7 Å². The minimum atomic E-state index is -0.235. The third kappa shape index (κ3) is 3.18. The van der Waals surface area contributed by atoms with Crippen LogP contribution in [0.25, 0.3) is 0 Å². The largest absolute Gasteiger partial charge is 0.349 e. The second-order valence-corrected chi connectivity index (χ2v) is 6.68. The van der Waals surface area contributed by atoms with Crippen LogP contribution >= 0.6 is 0 Å². The van der Waals surface area contributed by atoms with E-state index in [1.165, 1.54) is 5.56 Å². The van der Waals surface area contributed by atoms with E-state index in [0.29, 0.717) is 13.0 Å². The van der Waals surface area contributed by atoms with E-state index in [9.17, 15) is 4.79 Å². The van der Waals surface area contributed by atoms with Gasteiger partial charge in [-0.2, -0.15) is 0 Å². The van der Waals surface area contributed by atoms with Gasteiger partial charge in [-0.3, -0.25) is 9.69 Å². The van der Waals surface area contributed by atoms with Crippen molar-refractivity contribution in [3.8, 4) is 0 Å². The lowest BCUT2D eigenvalue weighted by molar-refractivity contribution is -0.123. The summed E-state index contributed by atoms with van der Waals surface area (Å²) in [5.41, 5.74) is 7.17. The van der Waals surface area contributed by atoms with Gasteiger partial charge in [0.2, 0.25) is 5.91 Å². The fraction of sp³-hybridized carbons (Fsp3) is 0.611. The lowest BCUT2D eigenvalue weighted by Crippen LogP contribution is -2.59. The first-order chi connectivity index (χ1) is 10.5. The first-order valence-corrected chi connectivity index (χ1v) is 8.22. The number of carbonyl (C=O) groups excluding carboxylic acids is 1. The SMILES string of the molecule is CCC(=O)N[C@]1(CN)CC[C@](c2ccccc2)(N(C)C)CC1. The highest BCUT2D eigenvalue weighted by atomic mass is 16.1. The highest BCUT2D eigenvalue weighted by molar-refractivity contribution is 5.76. The molecule has 0 heterocycles. The van der Waals surface area contributed by atoms with Gasteiger partial charge in [0.1, 0.15) is 0 Å². The molecular formula is C18H29N3O. The van der Waals surface area contributed by atoms with Crippen molar-refractivity contribution >= 4 is 5.91 Å². The molecule has 22 heavy (non-hydrogen) atoms. The van der Waals surface area contributed by atoms with E-state index < -0.39 is 0 Å². The number of benzene rings is 1. The Hall–Kier alpha value is -1.39. The van der Waals surface area contributed by atoms with E-state index in [1.807, 2.05) is 6.92 Å². The van der Waals surface area contributed by atoms with E-state index in [-0.39, 0.29) is 17.0 Å². The Labute approximate surface area is 134 Å². The normalized spacial score (nSPS) is 28.6. The third-order valence-electron chi connectivity index (χ3n) is 5.32. The molecule has 0 radical (unpaired) electrons. The Kier molecular flexibility index (Phi) is 5.24. The van der Waals surface area contributed by atoms with Gasteiger partial charge in [-0.1, -0.05) is 37.3 Å².